The molecule has 19 heavy (non-hydrogen) atoms. The Hall–Kier alpha value is -1.93. The molecule has 1 heterocycles. The average Bonchev–Trinajstić information content (AvgIpc) is 2.80. The zero-order chi connectivity index (χ0) is 14.0. The van der Waals surface area contributed by atoms with E-state index in [4.69, 9.17) is 10.7 Å². The summed E-state index contributed by atoms with van der Waals surface area (Å²) >= 11 is 0. The van der Waals surface area contributed by atoms with Crippen LogP contribution in [0.2, 0.25) is 0 Å². The second-order valence-electron chi connectivity index (χ2n) is 3.51. The van der Waals surface area contributed by atoms with Crippen molar-refractivity contribution >= 4 is 31.3 Å². The minimum absolute atomic E-state index is 0.0983. The number of hydrogen-bond donors (Lipinski definition) is 2. The van der Waals surface area contributed by atoms with E-state index in [-0.39, 0.29) is 11.4 Å². The van der Waals surface area contributed by atoms with Crippen molar-refractivity contribution in [1.29, 1.82) is 0 Å². The van der Waals surface area contributed by atoms with Crippen LogP contribution in [0.15, 0.2) is 35.4 Å². The summed E-state index contributed by atoms with van der Waals surface area (Å²) in [6.07, 6.45) is 1.39. The van der Waals surface area contributed by atoms with Gasteiger partial charge in [0.1, 0.15) is 16.4 Å². The maximum atomic E-state index is 13.5. The minimum atomic E-state index is -4.15. The second-order valence-corrected chi connectivity index (χ2v) is 6.04. The van der Waals surface area contributed by atoms with Crippen LogP contribution in [0.1, 0.15) is 10.5 Å². The molecule has 0 spiro atoms. The van der Waals surface area contributed by atoms with Crippen molar-refractivity contribution in [3.8, 4) is 0 Å². The number of carbonyl (C=O) groups excluding carboxylic acids is 1. The zero-order valence-electron chi connectivity index (χ0n) is 9.22. The number of aromatic amines is 1. The molecule has 100 valence electrons. The second kappa shape index (κ2) is 4.98. The Bertz CT molecular complexity index is 716. The van der Waals surface area contributed by atoms with Gasteiger partial charge in [-0.2, -0.15) is 5.10 Å². The summed E-state index contributed by atoms with van der Waals surface area (Å²) in [5.74, 6) is -1.57. The van der Waals surface area contributed by atoms with E-state index in [1.165, 1.54) is 18.3 Å². The van der Waals surface area contributed by atoms with Gasteiger partial charge >= 0.3 is 0 Å². The van der Waals surface area contributed by atoms with E-state index in [1.54, 1.807) is 0 Å². The number of hydrogen-bond acceptors (Lipinski definition) is 4. The molecule has 2 aromatic rings. The largest absolute Gasteiger partial charge is 0.321 e. The van der Waals surface area contributed by atoms with Crippen LogP contribution in [0.4, 0.5) is 10.1 Å². The molecule has 0 aliphatic carbocycles. The van der Waals surface area contributed by atoms with Gasteiger partial charge in [-0.05, 0) is 24.3 Å². The van der Waals surface area contributed by atoms with Gasteiger partial charge in [0, 0.05) is 22.6 Å². The Labute approximate surface area is 112 Å². The molecule has 2 N–H and O–H groups in total. The van der Waals surface area contributed by atoms with Crippen LogP contribution in [0.3, 0.4) is 0 Å². The Balaban J connectivity index is 2.24. The number of nitrogens with one attached hydrogen (secondary N) is 2. The van der Waals surface area contributed by atoms with Gasteiger partial charge in [-0.15, -0.1) is 0 Å². The molecule has 0 aliphatic heterocycles. The Morgan fingerprint density at radius 1 is 1.37 bits per heavy atom. The molecule has 0 saturated heterocycles. The van der Waals surface area contributed by atoms with Crippen molar-refractivity contribution in [1.82, 2.24) is 10.2 Å². The monoisotopic (exact) mass is 303 g/mol. The molecule has 6 nitrogen and oxygen atoms in total. The zero-order valence-corrected chi connectivity index (χ0v) is 10.8. The first-order valence-electron chi connectivity index (χ1n) is 4.93. The van der Waals surface area contributed by atoms with Crippen LogP contribution >= 0.6 is 10.7 Å². The molecule has 9 heteroatoms. The highest BCUT2D eigenvalue weighted by Gasteiger charge is 2.17. The van der Waals surface area contributed by atoms with E-state index in [0.29, 0.717) is 0 Å². The standard InChI is InChI=1S/C10H7ClFN3O3S/c11-19(17,18)9-2-1-6(5-7(9)12)14-10(16)8-3-4-13-15-8/h1-5H,(H,13,15)(H,14,16). The normalized spacial score (nSPS) is 11.3. The molecule has 2 rings (SSSR count). The van der Waals surface area contributed by atoms with E-state index >= 15 is 0 Å². The van der Waals surface area contributed by atoms with Crippen LogP contribution in [0, 0.1) is 5.82 Å². The van der Waals surface area contributed by atoms with Gasteiger partial charge in [0.25, 0.3) is 15.0 Å². The molecule has 0 saturated carbocycles. The molecule has 0 unspecified atom stereocenters. The number of nitrogens with zero attached hydrogens (tertiary/aromatic N) is 1. The fraction of sp³-hybridized carbons (Fsp3) is 0. The number of H-pyrrole nitrogens is 1. The van der Waals surface area contributed by atoms with Crippen LogP contribution in [0.5, 0.6) is 0 Å². The van der Waals surface area contributed by atoms with E-state index in [2.05, 4.69) is 15.5 Å². The molecule has 0 radical (unpaired) electrons. The maximum absolute atomic E-state index is 13.5. The number of rotatable bonds is 3. The lowest BCUT2D eigenvalue weighted by molar-refractivity contribution is 0.102. The lowest BCUT2D eigenvalue weighted by Gasteiger charge is -2.05. The predicted octanol–water partition coefficient (Wildman–Crippen LogP) is 1.73. The minimum Gasteiger partial charge on any atom is -0.321 e. The Morgan fingerprint density at radius 2 is 2.11 bits per heavy atom. The molecule has 1 amide bonds. The van der Waals surface area contributed by atoms with Gasteiger partial charge in [0.15, 0.2) is 0 Å². The fourth-order valence-corrected chi connectivity index (χ4v) is 2.25. The third kappa shape index (κ3) is 3.09. The van der Waals surface area contributed by atoms with Gasteiger partial charge in [-0.1, -0.05) is 0 Å². The number of aromatic nitrogens is 2. The number of halogens is 2. The van der Waals surface area contributed by atoms with Gasteiger partial charge in [-0.25, -0.2) is 12.8 Å². The fourth-order valence-electron chi connectivity index (χ4n) is 1.36. The summed E-state index contributed by atoms with van der Waals surface area (Å²) in [4.78, 5) is 11.0. The Kier molecular flexibility index (Phi) is 3.54. The summed E-state index contributed by atoms with van der Waals surface area (Å²) in [6.45, 7) is 0. The number of anilines is 1. The Morgan fingerprint density at radius 3 is 2.63 bits per heavy atom. The van der Waals surface area contributed by atoms with Crippen LogP contribution < -0.4 is 5.32 Å². The number of carbonyl (C=O) groups is 1. The SMILES string of the molecule is O=C(Nc1ccc(S(=O)(=O)Cl)c(F)c1)c1ccn[nH]1. The van der Waals surface area contributed by atoms with E-state index in [1.807, 2.05) is 0 Å². The summed E-state index contributed by atoms with van der Waals surface area (Å²) < 4.78 is 35.5. The first-order chi connectivity index (χ1) is 8.88. The highest BCUT2D eigenvalue weighted by atomic mass is 35.7. The van der Waals surface area contributed by atoms with E-state index in [0.717, 1.165) is 12.1 Å². The van der Waals surface area contributed by atoms with Crippen molar-refractivity contribution in [2.24, 2.45) is 0 Å². The van der Waals surface area contributed by atoms with Crippen LogP contribution in [0.25, 0.3) is 0 Å². The molecular formula is C10H7ClFN3O3S. The van der Waals surface area contributed by atoms with Crippen molar-refractivity contribution < 1.29 is 17.6 Å². The third-order valence-electron chi connectivity index (χ3n) is 2.20. The molecule has 1 aromatic carbocycles. The smallest absolute Gasteiger partial charge is 0.273 e. The average molecular weight is 304 g/mol. The van der Waals surface area contributed by atoms with Gasteiger partial charge < -0.3 is 5.32 Å². The van der Waals surface area contributed by atoms with E-state index < -0.39 is 25.7 Å². The predicted molar refractivity (Wildman–Crippen MR) is 66.0 cm³/mol. The van der Waals surface area contributed by atoms with Crippen molar-refractivity contribution in [3.63, 3.8) is 0 Å². The summed E-state index contributed by atoms with van der Waals surface area (Å²) in [5, 5.41) is 8.40. The summed E-state index contributed by atoms with van der Waals surface area (Å²) in [6, 6.07) is 4.50. The van der Waals surface area contributed by atoms with E-state index in [9.17, 15) is 17.6 Å². The third-order valence-corrected chi connectivity index (χ3v) is 3.55. The topological polar surface area (TPSA) is 91.9 Å². The quantitative estimate of drug-likeness (QED) is 0.845. The molecule has 0 bridgehead atoms. The maximum Gasteiger partial charge on any atom is 0.273 e. The number of amides is 1. The molecule has 0 fully saturated rings. The summed E-state index contributed by atoms with van der Waals surface area (Å²) in [7, 11) is 0.881. The lowest BCUT2D eigenvalue weighted by Crippen LogP contribution is -2.12. The highest BCUT2D eigenvalue weighted by Crippen LogP contribution is 2.22. The first kappa shape index (κ1) is 13.5. The lowest BCUT2D eigenvalue weighted by atomic mass is 10.3. The van der Waals surface area contributed by atoms with Gasteiger partial charge in [-0.3, -0.25) is 9.89 Å². The molecular weight excluding hydrogens is 297 g/mol. The summed E-state index contributed by atoms with van der Waals surface area (Å²) in [5.41, 5.74) is 0.288. The van der Waals surface area contributed by atoms with Crippen molar-refractivity contribution in [2.75, 3.05) is 5.32 Å². The molecule has 0 aliphatic rings. The molecule has 0 atom stereocenters. The van der Waals surface area contributed by atoms with Crippen LogP contribution in [-0.4, -0.2) is 24.5 Å². The van der Waals surface area contributed by atoms with Gasteiger partial charge in [0.05, 0.1) is 0 Å². The van der Waals surface area contributed by atoms with Crippen molar-refractivity contribution in [3.05, 3.63) is 42.0 Å². The van der Waals surface area contributed by atoms with Crippen molar-refractivity contribution in [2.45, 2.75) is 4.90 Å². The first-order valence-corrected chi connectivity index (χ1v) is 7.24. The number of benzene rings is 1. The molecule has 1 aromatic heterocycles. The van der Waals surface area contributed by atoms with Gasteiger partial charge in [0.2, 0.25) is 0 Å². The highest BCUT2D eigenvalue weighted by molar-refractivity contribution is 8.13. The van der Waals surface area contributed by atoms with Crippen LogP contribution in [-0.2, 0) is 9.05 Å².